The van der Waals surface area contributed by atoms with Gasteiger partial charge in [-0.25, -0.2) is 4.98 Å². The quantitative estimate of drug-likeness (QED) is 0.644. The molecule has 0 amide bonds. The Morgan fingerprint density at radius 1 is 1.64 bits per heavy atom. The van der Waals surface area contributed by atoms with E-state index in [4.69, 9.17) is 4.74 Å². The zero-order chi connectivity index (χ0) is 7.68. The first-order valence-electron chi connectivity index (χ1n) is 3.91. The van der Waals surface area contributed by atoms with Crippen LogP contribution >= 0.6 is 11.3 Å². The number of nitrogens with zero attached hydrogens (tertiary/aromatic N) is 1. The molecule has 0 radical (unpaired) electrons. The highest BCUT2D eigenvalue weighted by Gasteiger charge is 2.24. The van der Waals surface area contributed by atoms with E-state index < -0.39 is 0 Å². The molecule has 0 saturated carbocycles. The summed E-state index contributed by atoms with van der Waals surface area (Å²) in [7, 11) is 0. The lowest BCUT2D eigenvalue weighted by atomic mass is 10.2. The Morgan fingerprint density at radius 2 is 2.55 bits per heavy atom. The molecule has 2 heterocycles. The highest BCUT2D eigenvalue weighted by molar-refractivity contribution is 7.09. The van der Waals surface area contributed by atoms with Crippen molar-refractivity contribution in [1.29, 1.82) is 0 Å². The lowest BCUT2D eigenvalue weighted by Gasteiger charge is -2.06. The van der Waals surface area contributed by atoms with Gasteiger partial charge < -0.3 is 4.74 Å². The van der Waals surface area contributed by atoms with Crippen molar-refractivity contribution >= 4 is 11.3 Å². The molecule has 1 aromatic heterocycles. The van der Waals surface area contributed by atoms with Crippen molar-refractivity contribution < 1.29 is 4.74 Å². The molecule has 0 aliphatic carbocycles. The largest absolute Gasteiger partial charge is 0.368 e. The van der Waals surface area contributed by atoms with Gasteiger partial charge in [-0.15, -0.1) is 11.3 Å². The van der Waals surface area contributed by atoms with E-state index in [0.29, 0.717) is 6.10 Å². The molecule has 0 spiro atoms. The first-order chi connectivity index (χ1) is 5.36. The van der Waals surface area contributed by atoms with Crippen molar-refractivity contribution in [2.75, 3.05) is 0 Å². The molecule has 2 rings (SSSR count). The molecule has 2 atom stereocenters. The molecular weight excluding hydrogens is 158 g/mol. The van der Waals surface area contributed by atoms with Crippen molar-refractivity contribution in [3.63, 3.8) is 0 Å². The van der Waals surface area contributed by atoms with Gasteiger partial charge in [-0.3, -0.25) is 0 Å². The summed E-state index contributed by atoms with van der Waals surface area (Å²) in [5.41, 5.74) is 0. The summed E-state index contributed by atoms with van der Waals surface area (Å²) in [6.07, 6.45) is 4.85. The molecule has 0 bridgehead atoms. The Morgan fingerprint density at radius 3 is 3.09 bits per heavy atom. The van der Waals surface area contributed by atoms with Gasteiger partial charge in [0.25, 0.3) is 0 Å². The van der Waals surface area contributed by atoms with Crippen LogP contribution in [0, 0.1) is 0 Å². The monoisotopic (exact) mass is 169 g/mol. The minimum Gasteiger partial charge on any atom is -0.368 e. The second-order valence-corrected chi connectivity index (χ2v) is 3.81. The van der Waals surface area contributed by atoms with Gasteiger partial charge in [-0.2, -0.15) is 0 Å². The highest BCUT2D eigenvalue weighted by Crippen LogP contribution is 2.32. The first kappa shape index (κ1) is 7.25. The molecule has 1 fully saturated rings. The summed E-state index contributed by atoms with van der Waals surface area (Å²) >= 11 is 1.69. The van der Waals surface area contributed by atoms with E-state index in [1.54, 1.807) is 11.3 Å². The van der Waals surface area contributed by atoms with Crippen LogP contribution in [0.25, 0.3) is 0 Å². The fourth-order valence-electron chi connectivity index (χ4n) is 1.38. The van der Waals surface area contributed by atoms with Crippen molar-refractivity contribution in [3.8, 4) is 0 Å². The normalized spacial score (nSPS) is 31.0. The minimum absolute atomic E-state index is 0.282. The predicted octanol–water partition coefficient (Wildman–Crippen LogP) is 2.38. The number of hydrogen-bond donors (Lipinski definition) is 0. The van der Waals surface area contributed by atoms with Crippen molar-refractivity contribution in [2.45, 2.75) is 32.0 Å². The number of hydrogen-bond acceptors (Lipinski definition) is 3. The molecule has 3 heteroatoms. The molecule has 1 aromatic rings. The third kappa shape index (κ3) is 1.44. The van der Waals surface area contributed by atoms with Gasteiger partial charge in [0.1, 0.15) is 11.1 Å². The summed E-state index contributed by atoms with van der Waals surface area (Å²) in [5.74, 6) is 0. The van der Waals surface area contributed by atoms with E-state index in [2.05, 4.69) is 11.9 Å². The summed E-state index contributed by atoms with van der Waals surface area (Å²) in [5, 5.41) is 3.14. The fraction of sp³-hybridized carbons (Fsp3) is 0.625. The van der Waals surface area contributed by atoms with Gasteiger partial charge in [-0.1, -0.05) is 0 Å². The number of thiazole rings is 1. The SMILES string of the molecule is CC1CCC(c2nccs2)O1. The van der Waals surface area contributed by atoms with Crippen LogP contribution in [0.2, 0.25) is 0 Å². The maximum Gasteiger partial charge on any atom is 0.121 e. The standard InChI is InChI=1S/C8H11NOS/c1-6-2-3-7(10-6)8-9-4-5-11-8/h4-7H,2-3H2,1H3. The maximum absolute atomic E-state index is 5.65. The summed E-state index contributed by atoms with van der Waals surface area (Å²) < 4.78 is 5.65. The Hall–Kier alpha value is -0.410. The lowest BCUT2D eigenvalue weighted by Crippen LogP contribution is -1.99. The van der Waals surface area contributed by atoms with E-state index in [0.717, 1.165) is 11.4 Å². The van der Waals surface area contributed by atoms with Gasteiger partial charge >= 0.3 is 0 Å². The summed E-state index contributed by atoms with van der Waals surface area (Å²) in [6, 6.07) is 0. The van der Waals surface area contributed by atoms with Crippen LogP contribution < -0.4 is 0 Å². The molecule has 2 unspecified atom stereocenters. The number of aromatic nitrogens is 1. The van der Waals surface area contributed by atoms with Gasteiger partial charge in [0.2, 0.25) is 0 Å². The average molecular weight is 169 g/mol. The van der Waals surface area contributed by atoms with Gasteiger partial charge in [0.15, 0.2) is 0 Å². The van der Waals surface area contributed by atoms with Crippen LogP contribution in [-0.2, 0) is 4.74 Å². The molecule has 0 N–H and O–H groups in total. The molecule has 1 saturated heterocycles. The number of ether oxygens (including phenoxy) is 1. The van der Waals surface area contributed by atoms with E-state index in [1.165, 1.54) is 6.42 Å². The number of rotatable bonds is 1. The minimum atomic E-state index is 0.282. The molecule has 11 heavy (non-hydrogen) atoms. The van der Waals surface area contributed by atoms with Crippen molar-refractivity contribution in [3.05, 3.63) is 16.6 Å². The molecule has 2 nitrogen and oxygen atoms in total. The van der Waals surface area contributed by atoms with Gasteiger partial charge in [-0.05, 0) is 19.8 Å². The van der Waals surface area contributed by atoms with E-state index in [-0.39, 0.29) is 6.10 Å². The average Bonchev–Trinajstić information content (AvgIpc) is 2.55. The second-order valence-electron chi connectivity index (χ2n) is 2.88. The van der Waals surface area contributed by atoms with Crippen molar-refractivity contribution in [1.82, 2.24) is 4.98 Å². The zero-order valence-electron chi connectivity index (χ0n) is 6.49. The molecule has 1 aliphatic rings. The Kier molecular flexibility index (Phi) is 1.92. The topological polar surface area (TPSA) is 22.1 Å². The Labute approximate surface area is 70.2 Å². The Balaban J connectivity index is 2.08. The smallest absolute Gasteiger partial charge is 0.121 e. The molecule has 1 aliphatic heterocycles. The van der Waals surface area contributed by atoms with Crippen LogP contribution in [0.3, 0.4) is 0 Å². The van der Waals surface area contributed by atoms with Crippen LogP contribution in [-0.4, -0.2) is 11.1 Å². The molecule has 0 aromatic carbocycles. The Bertz CT molecular complexity index is 222. The molecular formula is C8H11NOS. The van der Waals surface area contributed by atoms with Crippen LogP contribution in [0.15, 0.2) is 11.6 Å². The van der Waals surface area contributed by atoms with E-state index >= 15 is 0 Å². The van der Waals surface area contributed by atoms with Gasteiger partial charge in [0.05, 0.1) is 6.10 Å². The third-order valence-corrected chi connectivity index (χ3v) is 2.83. The lowest BCUT2D eigenvalue weighted by molar-refractivity contribution is 0.0554. The van der Waals surface area contributed by atoms with E-state index in [9.17, 15) is 0 Å². The maximum atomic E-state index is 5.65. The fourth-order valence-corrected chi connectivity index (χ4v) is 2.09. The van der Waals surface area contributed by atoms with Gasteiger partial charge in [0, 0.05) is 11.6 Å². The third-order valence-electron chi connectivity index (χ3n) is 1.96. The second kappa shape index (κ2) is 2.91. The van der Waals surface area contributed by atoms with Crippen LogP contribution in [0.4, 0.5) is 0 Å². The summed E-state index contributed by atoms with van der Waals surface area (Å²) in [4.78, 5) is 4.23. The highest BCUT2D eigenvalue weighted by atomic mass is 32.1. The predicted molar refractivity (Wildman–Crippen MR) is 44.6 cm³/mol. The first-order valence-corrected chi connectivity index (χ1v) is 4.79. The van der Waals surface area contributed by atoms with Crippen molar-refractivity contribution in [2.24, 2.45) is 0 Å². The van der Waals surface area contributed by atoms with Crippen LogP contribution in [0.1, 0.15) is 30.9 Å². The zero-order valence-corrected chi connectivity index (χ0v) is 7.30. The van der Waals surface area contributed by atoms with Crippen LogP contribution in [0.5, 0.6) is 0 Å². The summed E-state index contributed by atoms with van der Waals surface area (Å²) in [6.45, 7) is 2.12. The molecule has 60 valence electrons. The van der Waals surface area contributed by atoms with E-state index in [1.807, 2.05) is 11.6 Å².